The predicted octanol–water partition coefficient (Wildman–Crippen LogP) is 1.98. The van der Waals surface area contributed by atoms with E-state index in [1.54, 1.807) is 0 Å². The van der Waals surface area contributed by atoms with Gasteiger partial charge in [-0.15, -0.1) is 0 Å². The fourth-order valence-corrected chi connectivity index (χ4v) is 3.94. The third kappa shape index (κ3) is 4.11. The van der Waals surface area contributed by atoms with E-state index in [9.17, 15) is 9.90 Å². The van der Waals surface area contributed by atoms with E-state index in [1.165, 1.54) is 0 Å². The summed E-state index contributed by atoms with van der Waals surface area (Å²) in [7, 11) is 3.99. The molecule has 2 aromatic carbocycles. The van der Waals surface area contributed by atoms with Gasteiger partial charge in [0, 0.05) is 36.9 Å². The number of aliphatic hydroxyl groups is 1. The molecule has 0 bridgehead atoms. The highest BCUT2D eigenvalue weighted by Gasteiger charge is 2.29. The van der Waals surface area contributed by atoms with E-state index in [2.05, 4.69) is 31.2 Å². The number of para-hydroxylation sites is 2. The number of likely N-dealkylation sites (tertiary alicyclic amines) is 1. The molecule has 152 valence electrons. The zero-order chi connectivity index (χ0) is 20.4. The van der Waals surface area contributed by atoms with Gasteiger partial charge in [-0.3, -0.25) is 9.69 Å². The van der Waals surface area contributed by atoms with Gasteiger partial charge < -0.3 is 20.3 Å². The second kappa shape index (κ2) is 8.23. The maximum absolute atomic E-state index is 12.5. The largest absolute Gasteiger partial charge is 0.395 e. The molecule has 3 aromatic rings. The van der Waals surface area contributed by atoms with Crippen molar-refractivity contribution >= 4 is 22.6 Å². The Balaban J connectivity index is 1.35. The molecule has 1 amide bonds. The lowest BCUT2D eigenvalue weighted by Crippen LogP contribution is -2.36. The third-order valence-corrected chi connectivity index (χ3v) is 5.71. The molecule has 29 heavy (non-hydrogen) atoms. The highest BCUT2D eigenvalue weighted by atomic mass is 16.3. The number of fused-ring (bicyclic) bond motifs is 1. The Hall–Kier alpha value is -2.90. The van der Waals surface area contributed by atoms with Crippen LogP contribution in [-0.4, -0.2) is 57.7 Å². The Bertz CT molecular complexity index is 998. The number of imidazole rings is 1. The van der Waals surface area contributed by atoms with Gasteiger partial charge in [0.15, 0.2) is 0 Å². The van der Waals surface area contributed by atoms with Crippen LogP contribution in [0.25, 0.3) is 11.0 Å². The van der Waals surface area contributed by atoms with Gasteiger partial charge in [-0.25, -0.2) is 4.98 Å². The Morgan fingerprint density at radius 2 is 1.93 bits per heavy atom. The second-order valence-electron chi connectivity index (χ2n) is 7.69. The summed E-state index contributed by atoms with van der Waals surface area (Å²) >= 11 is 0. The number of nitrogens with zero attached hydrogens (tertiary/aromatic N) is 3. The topological polar surface area (TPSA) is 82.4 Å². The number of amides is 1. The van der Waals surface area contributed by atoms with Crippen LogP contribution in [-0.2, 0) is 13.6 Å². The van der Waals surface area contributed by atoms with Crippen molar-refractivity contribution in [3.8, 4) is 0 Å². The number of aromatic nitrogens is 2. The molecule has 0 saturated carbocycles. The molecule has 2 atom stereocenters. The average Bonchev–Trinajstić information content (AvgIpc) is 3.25. The van der Waals surface area contributed by atoms with E-state index in [0.29, 0.717) is 12.1 Å². The number of benzene rings is 2. The van der Waals surface area contributed by atoms with Crippen molar-refractivity contribution in [1.29, 1.82) is 0 Å². The fourth-order valence-electron chi connectivity index (χ4n) is 3.94. The van der Waals surface area contributed by atoms with Crippen LogP contribution >= 0.6 is 0 Å². The Labute approximate surface area is 170 Å². The highest BCUT2D eigenvalue weighted by molar-refractivity contribution is 5.94. The molecule has 1 aliphatic heterocycles. The van der Waals surface area contributed by atoms with Crippen LogP contribution in [0.2, 0.25) is 0 Å². The molecular weight excluding hydrogens is 366 g/mol. The molecule has 1 saturated heterocycles. The summed E-state index contributed by atoms with van der Waals surface area (Å²) in [5, 5.41) is 15.8. The SMILES string of the molecule is CN1C[C@H](NC(=O)c2ccc(NCc3nc4ccccc4n3C)cc2)C[C@H]1CO. The number of carbonyl (C=O) groups excluding carboxylic acids is 1. The van der Waals surface area contributed by atoms with Gasteiger partial charge in [0.25, 0.3) is 5.91 Å². The van der Waals surface area contributed by atoms with Crippen LogP contribution in [0.4, 0.5) is 5.69 Å². The predicted molar refractivity (Wildman–Crippen MR) is 114 cm³/mol. The standard InChI is InChI=1S/C22H27N5O2/c1-26-13-17(11-18(26)14-28)24-22(29)15-7-9-16(10-8-15)23-12-21-25-19-5-3-4-6-20(19)27(21)2/h3-10,17-18,23,28H,11-14H2,1-2H3,(H,24,29)/t17-,18+/m1/s1. The van der Waals surface area contributed by atoms with E-state index in [4.69, 9.17) is 0 Å². The molecule has 2 heterocycles. The zero-order valence-electron chi connectivity index (χ0n) is 16.8. The van der Waals surface area contributed by atoms with Crippen LogP contribution in [0.5, 0.6) is 0 Å². The van der Waals surface area contributed by atoms with Crippen molar-refractivity contribution in [2.75, 3.05) is 25.5 Å². The number of hydrogen-bond donors (Lipinski definition) is 3. The molecule has 0 aliphatic carbocycles. The molecule has 3 N–H and O–H groups in total. The maximum Gasteiger partial charge on any atom is 0.251 e. The van der Waals surface area contributed by atoms with Gasteiger partial charge in [-0.05, 0) is 49.9 Å². The quantitative estimate of drug-likeness (QED) is 0.597. The summed E-state index contributed by atoms with van der Waals surface area (Å²) in [6.45, 7) is 1.48. The van der Waals surface area contributed by atoms with Crippen molar-refractivity contribution < 1.29 is 9.90 Å². The minimum Gasteiger partial charge on any atom is -0.395 e. The summed E-state index contributed by atoms with van der Waals surface area (Å²) in [5.41, 5.74) is 3.67. The van der Waals surface area contributed by atoms with E-state index < -0.39 is 0 Å². The second-order valence-corrected chi connectivity index (χ2v) is 7.69. The van der Waals surface area contributed by atoms with Crippen LogP contribution < -0.4 is 10.6 Å². The summed E-state index contributed by atoms with van der Waals surface area (Å²) < 4.78 is 2.09. The first kappa shape index (κ1) is 19.4. The normalized spacial score (nSPS) is 19.6. The number of aryl methyl sites for hydroxylation is 1. The van der Waals surface area contributed by atoms with Crippen LogP contribution in [0.15, 0.2) is 48.5 Å². The number of nitrogens with one attached hydrogen (secondary N) is 2. The molecule has 7 nitrogen and oxygen atoms in total. The van der Waals surface area contributed by atoms with Crippen LogP contribution in [0.1, 0.15) is 22.6 Å². The summed E-state index contributed by atoms with van der Waals surface area (Å²) in [6, 6.07) is 15.7. The van der Waals surface area contributed by atoms with Crippen molar-refractivity contribution in [3.05, 3.63) is 59.9 Å². The number of rotatable bonds is 6. The van der Waals surface area contributed by atoms with Gasteiger partial charge in [-0.1, -0.05) is 12.1 Å². The maximum atomic E-state index is 12.5. The minimum absolute atomic E-state index is 0.0694. The first-order valence-corrected chi connectivity index (χ1v) is 9.91. The number of anilines is 1. The highest BCUT2D eigenvalue weighted by Crippen LogP contribution is 2.18. The fraction of sp³-hybridized carbons (Fsp3) is 0.364. The lowest BCUT2D eigenvalue weighted by molar-refractivity contribution is 0.0938. The molecule has 7 heteroatoms. The first-order valence-electron chi connectivity index (χ1n) is 9.91. The Morgan fingerprint density at radius 1 is 1.17 bits per heavy atom. The smallest absolute Gasteiger partial charge is 0.251 e. The monoisotopic (exact) mass is 393 g/mol. The first-order chi connectivity index (χ1) is 14.0. The number of likely N-dealkylation sites (N-methyl/N-ethyl adjacent to an activating group) is 1. The van der Waals surface area contributed by atoms with Gasteiger partial charge >= 0.3 is 0 Å². The van der Waals surface area contributed by atoms with Crippen molar-refractivity contribution in [3.63, 3.8) is 0 Å². The molecule has 1 aromatic heterocycles. The van der Waals surface area contributed by atoms with Crippen LogP contribution in [0.3, 0.4) is 0 Å². The molecule has 1 aliphatic rings. The summed E-state index contributed by atoms with van der Waals surface area (Å²) in [5.74, 6) is 0.876. The third-order valence-electron chi connectivity index (χ3n) is 5.71. The zero-order valence-corrected chi connectivity index (χ0v) is 16.8. The van der Waals surface area contributed by atoms with Gasteiger partial charge in [0.2, 0.25) is 0 Å². The van der Waals surface area contributed by atoms with Gasteiger partial charge in [0.05, 0.1) is 24.2 Å². The number of hydrogen-bond acceptors (Lipinski definition) is 5. The number of aliphatic hydroxyl groups excluding tert-OH is 1. The Morgan fingerprint density at radius 3 is 2.62 bits per heavy atom. The molecule has 4 rings (SSSR count). The summed E-state index contributed by atoms with van der Waals surface area (Å²) in [6.07, 6.45) is 0.774. The minimum atomic E-state index is -0.0797. The Kier molecular flexibility index (Phi) is 5.51. The van der Waals surface area contributed by atoms with E-state index in [-0.39, 0.29) is 24.6 Å². The van der Waals surface area contributed by atoms with Crippen molar-refractivity contribution in [2.45, 2.75) is 25.0 Å². The van der Waals surface area contributed by atoms with E-state index in [0.717, 1.165) is 35.5 Å². The molecule has 1 fully saturated rings. The van der Waals surface area contributed by atoms with E-state index in [1.807, 2.05) is 56.6 Å². The van der Waals surface area contributed by atoms with Crippen LogP contribution in [0, 0.1) is 0 Å². The van der Waals surface area contributed by atoms with Crippen molar-refractivity contribution in [1.82, 2.24) is 19.8 Å². The average molecular weight is 393 g/mol. The molecule has 0 radical (unpaired) electrons. The molecular formula is C22H27N5O2. The molecule has 0 unspecified atom stereocenters. The van der Waals surface area contributed by atoms with Gasteiger partial charge in [-0.2, -0.15) is 0 Å². The summed E-state index contributed by atoms with van der Waals surface area (Å²) in [4.78, 5) is 19.3. The van der Waals surface area contributed by atoms with E-state index >= 15 is 0 Å². The van der Waals surface area contributed by atoms with Gasteiger partial charge in [0.1, 0.15) is 5.82 Å². The molecule has 0 spiro atoms. The number of carbonyl (C=O) groups is 1. The lowest BCUT2D eigenvalue weighted by Gasteiger charge is -2.15. The lowest BCUT2D eigenvalue weighted by atomic mass is 10.1. The van der Waals surface area contributed by atoms with Crippen molar-refractivity contribution in [2.24, 2.45) is 7.05 Å².